The van der Waals surface area contributed by atoms with E-state index in [-0.39, 0.29) is 5.91 Å². The minimum Gasteiger partial charge on any atom is -0.378 e. The highest BCUT2D eigenvalue weighted by Gasteiger charge is 2.22. The van der Waals surface area contributed by atoms with Gasteiger partial charge in [-0.3, -0.25) is 9.69 Å². The summed E-state index contributed by atoms with van der Waals surface area (Å²) in [7, 11) is 3.99. The fourth-order valence-corrected chi connectivity index (χ4v) is 4.22. The molecule has 0 saturated carbocycles. The molecule has 0 N–H and O–H groups in total. The number of carbonyl (C=O) groups excluding carboxylic acids is 1. The van der Waals surface area contributed by atoms with Gasteiger partial charge in [0, 0.05) is 57.9 Å². The predicted molar refractivity (Wildman–Crippen MR) is 119 cm³/mol. The van der Waals surface area contributed by atoms with Crippen LogP contribution >= 0.6 is 11.3 Å². The minimum absolute atomic E-state index is 0.118. The standard InChI is InChI=1S/C22H27N5O2S/c1-25(2)18-9-7-17(8-10-18)22(28)27-14-12-26(13-15-27)11-3-6-20-23-21(24-29-20)19-5-4-16-30-19/h4-5,7-10,16H,3,6,11-15H2,1-2H3. The molecule has 0 aliphatic carbocycles. The van der Waals surface area contributed by atoms with E-state index >= 15 is 0 Å². The molecule has 1 amide bonds. The van der Waals surface area contributed by atoms with Gasteiger partial charge in [0.2, 0.25) is 11.7 Å². The first kappa shape index (κ1) is 20.6. The highest BCUT2D eigenvalue weighted by Crippen LogP contribution is 2.21. The first-order valence-corrected chi connectivity index (χ1v) is 11.1. The Morgan fingerprint density at radius 1 is 1.13 bits per heavy atom. The molecule has 4 rings (SSSR count). The van der Waals surface area contributed by atoms with Gasteiger partial charge in [0.1, 0.15) is 0 Å². The first-order valence-electron chi connectivity index (χ1n) is 10.3. The Labute approximate surface area is 180 Å². The number of hydrogen-bond acceptors (Lipinski definition) is 7. The second-order valence-electron chi connectivity index (χ2n) is 7.67. The number of hydrogen-bond donors (Lipinski definition) is 0. The largest absolute Gasteiger partial charge is 0.378 e. The number of aryl methyl sites for hydroxylation is 1. The molecule has 1 aliphatic rings. The van der Waals surface area contributed by atoms with Gasteiger partial charge in [-0.2, -0.15) is 4.98 Å². The molecule has 2 aromatic heterocycles. The molecule has 0 radical (unpaired) electrons. The molecule has 3 heterocycles. The number of amides is 1. The van der Waals surface area contributed by atoms with Crippen molar-refractivity contribution < 1.29 is 9.32 Å². The molecule has 7 nitrogen and oxygen atoms in total. The molecule has 0 unspecified atom stereocenters. The highest BCUT2D eigenvalue weighted by molar-refractivity contribution is 7.13. The average molecular weight is 426 g/mol. The van der Waals surface area contributed by atoms with Crippen molar-refractivity contribution in [3.8, 4) is 10.7 Å². The Bertz CT molecular complexity index is 944. The molecule has 8 heteroatoms. The molecule has 0 bridgehead atoms. The van der Waals surface area contributed by atoms with Crippen molar-refractivity contribution >= 4 is 22.9 Å². The molecule has 1 aliphatic heterocycles. The van der Waals surface area contributed by atoms with Crippen LogP contribution in [0, 0.1) is 0 Å². The molecule has 1 fully saturated rings. The fraction of sp³-hybridized carbons (Fsp3) is 0.409. The van der Waals surface area contributed by atoms with Gasteiger partial charge in [-0.25, -0.2) is 0 Å². The van der Waals surface area contributed by atoms with E-state index in [1.807, 2.05) is 65.7 Å². The SMILES string of the molecule is CN(C)c1ccc(C(=O)N2CCN(CCCc3nc(-c4cccs4)no3)CC2)cc1. The lowest BCUT2D eigenvalue weighted by Crippen LogP contribution is -2.48. The summed E-state index contributed by atoms with van der Waals surface area (Å²) in [6, 6.07) is 11.8. The fourth-order valence-electron chi connectivity index (χ4n) is 3.58. The number of rotatable bonds is 7. The first-order chi connectivity index (χ1) is 14.6. The zero-order valence-electron chi connectivity index (χ0n) is 17.5. The van der Waals surface area contributed by atoms with Gasteiger partial charge in [-0.05, 0) is 48.7 Å². The molecule has 0 atom stereocenters. The molecule has 3 aromatic rings. The van der Waals surface area contributed by atoms with Gasteiger partial charge >= 0.3 is 0 Å². The van der Waals surface area contributed by atoms with E-state index in [1.54, 1.807) is 11.3 Å². The molecule has 158 valence electrons. The van der Waals surface area contributed by atoms with Crippen molar-refractivity contribution in [2.24, 2.45) is 0 Å². The van der Waals surface area contributed by atoms with Gasteiger partial charge < -0.3 is 14.3 Å². The van der Waals surface area contributed by atoms with Crippen molar-refractivity contribution in [1.82, 2.24) is 19.9 Å². The Kier molecular flexibility index (Phi) is 6.44. The Morgan fingerprint density at radius 3 is 2.57 bits per heavy atom. The van der Waals surface area contributed by atoms with Crippen molar-refractivity contribution in [2.75, 3.05) is 51.7 Å². The summed E-state index contributed by atoms with van der Waals surface area (Å²) in [6.07, 6.45) is 1.74. The third-order valence-electron chi connectivity index (χ3n) is 5.36. The maximum Gasteiger partial charge on any atom is 0.253 e. The van der Waals surface area contributed by atoms with Gasteiger partial charge in [0.15, 0.2) is 0 Å². The summed E-state index contributed by atoms with van der Waals surface area (Å²) < 4.78 is 5.37. The van der Waals surface area contributed by atoms with Crippen LogP contribution in [0.5, 0.6) is 0 Å². The number of aromatic nitrogens is 2. The van der Waals surface area contributed by atoms with Crippen LogP contribution < -0.4 is 4.90 Å². The van der Waals surface area contributed by atoms with Crippen LogP contribution in [-0.2, 0) is 6.42 Å². The summed E-state index contributed by atoms with van der Waals surface area (Å²) in [5.74, 6) is 1.48. The zero-order valence-corrected chi connectivity index (χ0v) is 18.3. The van der Waals surface area contributed by atoms with Gasteiger partial charge in [0.05, 0.1) is 4.88 Å². The number of thiophene rings is 1. The Balaban J connectivity index is 1.20. The monoisotopic (exact) mass is 425 g/mol. The maximum atomic E-state index is 12.8. The van der Waals surface area contributed by atoms with Crippen LogP contribution in [0.2, 0.25) is 0 Å². The van der Waals surface area contributed by atoms with E-state index in [0.29, 0.717) is 11.7 Å². The summed E-state index contributed by atoms with van der Waals surface area (Å²) in [4.78, 5) is 24.6. The lowest BCUT2D eigenvalue weighted by molar-refractivity contribution is 0.0635. The lowest BCUT2D eigenvalue weighted by atomic mass is 10.1. The van der Waals surface area contributed by atoms with Crippen LogP contribution in [-0.4, -0.2) is 72.7 Å². The molecule has 30 heavy (non-hydrogen) atoms. The van der Waals surface area contributed by atoms with Crippen molar-refractivity contribution in [3.63, 3.8) is 0 Å². The van der Waals surface area contributed by atoms with Crippen LogP contribution in [0.15, 0.2) is 46.3 Å². The van der Waals surface area contributed by atoms with E-state index in [2.05, 4.69) is 15.0 Å². The number of piperazine rings is 1. The second-order valence-corrected chi connectivity index (χ2v) is 8.62. The topological polar surface area (TPSA) is 65.7 Å². The summed E-state index contributed by atoms with van der Waals surface area (Å²) in [6.45, 7) is 4.28. The summed E-state index contributed by atoms with van der Waals surface area (Å²) in [5.41, 5.74) is 1.85. The van der Waals surface area contributed by atoms with E-state index < -0.39 is 0 Å². The second kappa shape index (κ2) is 9.40. The Hall–Kier alpha value is -2.71. The number of benzene rings is 1. The normalized spacial score (nSPS) is 14.8. The van der Waals surface area contributed by atoms with E-state index in [9.17, 15) is 4.79 Å². The molecule has 0 spiro atoms. The van der Waals surface area contributed by atoms with Crippen molar-refractivity contribution in [1.29, 1.82) is 0 Å². The van der Waals surface area contributed by atoms with Gasteiger partial charge in [0.25, 0.3) is 5.91 Å². The quantitative estimate of drug-likeness (QED) is 0.579. The van der Waals surface area contributed by atoms with Crippen LogP contribution in [0.3, 0.4) is 0 Å². The summed E-state index contributed by atoms with van der Waals surface area (Å²) in [5, 5.41) is 6.07. The van der Waals surface area contributed by atoms with E-state index in [0.717, 1.165) is 61.7 Å². The molecule has 1 saturated heterocycles. The van der Waals surface area contributed by atoms with E-state index in [4.69, 9.17) is 4.52 Å². The number of carbonyl (C=O) groups is 1. The van der Waals surface area contributed by atoms with Crippen molar-refractivity contribution in [3.05, 3.63) is 53.2 Å². The molecule has 1 aromatic carbocycles. The van der Waals surface area contributed by atoms with Crippen LogP contribution in [0.1, 0.15) is 22.7 Å². The molecular formula is C22H27N5O2S. The lowest BCUT2D eigenvalue weighted by Gasteiger charge is -2.34. The van der Waals surface area contributed by atoms with E-state index in [1.165, 1.54) is 0 Å². The van der Waals surface area contributed by atoms with Crippen LogP contribution in [0.4, 0.5) is 5.69 Å². The van der Waals surface area contributed by atoms with Crippen molar-refractivity contribution in [2.45, 2.75) is 12.8 Å². The molecular weight excluding hydrogens is 398 g/mol. The average Bonchev–Trinajstić information content (AvgIpc) is 3.46. The minimum atomic E-state index is 0.118. The Morgan fingerprint density at radius 2 is 1.90 bits per heavy atom. The maximum absolute atomic E-state index is 12.8. The number of nitrogens with zero attached hydrogens (tertiary/aromatic N) is 5. The highest BCUT2D eigenvalue weighted by atomic mass is 32.1. The van der Waals surface area contributed by atoms with Gasteiger partial charge in [-0.15, -0.1) is 11.3 Å². The van der Waals surface area contributed by atoms with Gasteiger partial charge in [-0.1, -0.05) is 11.2 Å². The predicted octanol–water partition coefficient (Wildman–Crippen LogP) is 3.25. The van der Waals surface area contributed by atoms with Crippen LogP contribution in [0.25, 0.3) is 10.7 Å². The summed E-state index contributed by atoms with van der Waals surface area (Å²) >= 11 is 1.61. The third kappa shape index (κ3) is 4.88. The third-order valence-corrected chi connectivity index (χ3v) is 6.23. The number of anilines is 1. The zero-order chi connectivity index (χ0) is 20.9. The smallest absolute Gasteiger partial charge is 0.253 e.